The molecule has 0 aromatic heterocycles. The van der Waals surface area contributed by atoms with Crippen LogP contribution in [0.2, 0.25) is 0 Å². The van der Waals surface area contributed by atoms with E-state index in [1.54, 1.807) is 11.9 Å². The van der Waals surface area contributed by atoms with E-state index in [0.717, 1.165) is 12.8 Å². The van der Waals surface area contributed by atoms with Crippen molar-refractivity contribution < 1.29 is 14.5 Å². The highest BCUT2D eigenvalue weighted by Crippen LogP contribution is 2.35. The van der Waals surface area contributed by atoms with Crippen molar-refractivity contribution in [3.63, 3.8) is 0 Å². The van der Waals surface area contributed by atoms with Crippen LogP contribution in [-0.2, 0) is 0 Å². The molecule has 1 aliphatic carbocycles. The van der Waals surface area contributed by atoms with Gasteiger partial charge in [0.1, 0.15) is 0 Å². The lowest BCUT2D eigenvalue weighted by Gasteiger charge is -2.27. The van der Waals surface area contributed by atoms with E-state index in [1.165, 1.54) is 25.3 Å². The monoisotopic (exact) mass is 293 g/mol. The molecule has 21 heavy (non-hydrogen) atoms. The summed E-state index contributed by atoms with van der Waals surface area (Å²) in [5, 5.41) is 10.9. The average molecular weight is 293 g/mol. The molecule has 1 unspecified atom stereocenters. The van der Waals surface area contributed by atoms with E-state index in [1.807, 2.05) is 0 Å². The first-order chi connectivity index (χ1) is 9.99. The van der Waals surface area contributed by atoms with Gasteiger partial charge in [0, 0.05) is 37.3 Å². The Balaban J connectivity index is 2.24. The maximum Gasteiger partial charge on any atom is 0.310 e. The molecule has 1 atom stereocenters. The summed E-state index contributed by atoms with van der Waals surface area (Å²) >= 11 is 0. The minimum absolute atomic E-state index is 0.0127. The molecule has 7 heteroatoms. The van der Waals surface area contributed by atoms with Crippen molar-refractivity contribution in [1.82, 2.24) is 4.90 Å². The molecule has 114 valence electrons. The smallest absolute Gasteiger partial charge is 0.310 e. The number of carbonyl (C=O) groups excluding carboxylic acids is 1. The molecule has 1 amide bonds. The second-order valence-electron chi connectivity index (χ2n) is 5.20. The van der Waals surface area contributed by atoms with Crippen LogP contribution in [0, 0.1) is 16.0 Å². The minimum Gasteiger partial charge on any atom is -0.490 e. The highest BCUT2D eigenvalue weighted by molar-refractivity contribution is 5.95. The Kier molecular flexibility index (Phi) is 4.42. The fourth-order valence-corrected chi connectivity index (χ4v) is 2.46. The maximum absolute atomic E-state index is 12.5. The van der Waals surface area contributed by atoms with Crippen LogP contribution in [0.25, 0.3) is 0 Å². The summed E-state index contributed by atoms with van der Waals surface area (Å²) in [5.41, 5.74) is 5.94. The third-order valence-corrected chi connectivity index (χ3v) is 3.85. The molecule has 1 aromatic rings. The summed E-state index contributed by atoms with van der Waals surface area (Å²) in [5.74, 6) is 0.337. The van der Waals surface area contributed by atoms with Crippen molar-refractivity contribution in [3.8, 4) is 5.75 Å². The molecule has 0 heterocycles. The Labute approximate surface area is 122 Å². The Hall–Kier alpha value is -2.15. The van der Waals surface area contributed by atoms with Gasteiger partial charge in [-0.15, -0.1) is 0 Å². The zero-order chi connectivity index (χ0) is 15.6. The molecule has 1 saturated carbocycles. The Bertz CT molecular complexity index is 557. The number of hydrogen-bond donors (Lipinski definition) is 1. The van der Waals surface area contributed by atoms with Crippen LogP contribution in [0.15, 0.2) is 18.2 Å². The van der Waals surface area contributed by atoms with Crippen LogP contribution >= 0.6 is 0 Å². The summed E-state index contributed by atoms with van der Waals surface area (Å²) in [6.07, 6.45) is 2.17. The van der Waals surface area contributed by atoms with Crippen LogP contribution in [0.3, 0.4) is 0 Å². The minimum atomic E-state index is -0.538. The highest BCUT2D eigenvalue weighted by Gasteiger charge is 2.35. The molecule has 0 saturated heterocycles. The molecule has 1 aliphatic rings. The Morgan fingerprint density at radius 3 is 2.71 bits per heavy atom. The van der Waals surface area contributed by atoms with Gasteiger partial charge in [-0.25, -0.2) is 0 Å². The largest absolute Gasteiger partial charge is 0.490 e. The molecule has 0 spiro atoms. The lowest BCUT2D eigenvalue weighted by atomic mass is 10.1. The Morgan fingerprint density at radius 2 is 2.24 bits per heavy atom. The van der Waals surface area contributed by atoms with Gasteiger partial charge >= 0.3 is 5.69 Å². The van der Waals surface area contributed by atoms with Crippen LogP contribution in [-0.4, -0.2) is 42.5 Å². The molecule has 0 radical (unpaired) electrons. The van der Waals surface area contributed by atoms with Gasteiger partial charge in [-0.3, -0.25) is 14.9 Å². The summed E-state index contributed by atoms with van der Waals surface area (Å²) < 4.78 is 4.99. The third-order valence-electron chi connectivity index (χ3n) is 3.85. The topological polar surface area (TPSA) is 98.7 Å². The zero-order valence-electron chi connectivity index (χ0n) is 12.1. The highest BCUT2D eigenvalue weighted by atomic mass is 16.6. The number of nitrogens with two attached hydrogens (primary N) is 1. The van der Waals surface area contributed by atoms with E-state index >= 15 is 0 Å². The molecule has 0 aliphatic heterocycles. The van der Waals surface area contributed by atoms with Gasteiger partial charge in [-0.05, 0) is 24.8 Å². The van der Waals surface area contributed by atoms with Gasteiger partial charge in [-0.2, -0.15) is 0 Å². The molecular formula is C14H19N3O4. The number of benzene rings is 1. The summed E-state index contributed by atoms with van der Waals surface area (Å²) in [6, 6.07) is 4.14. The van der Waals surface area contributed by atoms with E-state index in [4.69, 9.17) is 10.5 Å². The van der Waals surface area contributed by atoms with Crippen LogP contribution in [0.1, 0.15) is 23.2 Å². The fraction of sp³-hybridized carbons (Fsp3) is 0.500. The van der Waals surface area contributed by atoms with Crippen molar-refractivity contribution >= 4 is 11.6 Å². The maximum atomic E-state index is 12.5. The second kappa shape index (κ2) is 6.09. The zero-order valence-corrected chi connectivity index (χ0v) is 12.1. The number of likely N-dealkylation sites (N-methyl/N-ethyl adjacent to an activating group) is 1. The van der Waals surface area contributed by atoms with Gasteiger partial charge in [0.25, 0.3) is 5.91 Å². The Morgan fingerprint density at radius 1 is 1.57 bits per heavy atom. The van der Waals surface area contributed by atoms with E-state index < -0.39 is 4.92 Å². The lowest BCUT2D eigenvalue weighted by Crippen LogP contribution is -2.43. The van der Waals surface area contributed by atoms with E-state index in [9.17, 15) is 14.9 Å². The van der Waals surface area contributed by atoms with Gasteiger partial charge in [0.2, 0.25) is 0 Å². The summed E-state index contributed by atoms with van der Waals surface area (Å²) in [7, 11) is 3.05. The number of nitro groups is 1. The predicted molar refractivity (Wildman–Crippen MR) is 77.3 cm³/mol. The van der Waals surface area contributed by atoms with Crippen LogP contribution in [0.5, 0.6) is 5.75 Å². The fourth-order valence-electron chi connectivity index (χ4n) is 2.46. The van der Waals surface area contributed by atoms with Crippen molar-refractivity contribution in [1.29, 1.82) is 0 Å². The molecular weight excluding hydrogens is 274 g/mol. The first-order valence-corrected chi connectivity index (χ1v) is 6.79. The summed E-state index contributed by atoms with van der Waals surface area (Å²) in [4.78, 5) is 24.4. The van der Waals surface area contributed by atoms with Gasteiger partial charge in [0.05, 0.1) is 12.0 Å². The first-order valence-electron chi connectivity index (χ1n) is 6.79. The normalized spacial score (nSPS) is 15.4. The van der Waals surface area contributed by atoms with Crippen molar-refractivity contribution in [2.45, 2.75) is 18.9 Å². The number of methoxy groups -OCH3 is 1. The van der Waals surface area contributed by atoms with Crippen molar-refractivity contribution in [2.24, 2.45) is 11.7 Å². The number of rotatable bonds is 6. The molecule has 7 nitrogen and oxygen atoms in total. The standard InChI is InChI=1S/C14H19N3O4/c1-16(12(8-15)9-3-4-9)14(18)10-5-6-11(17(19)20)13(7-10)21-2/h5-7,9,12H,3-4,8,15H2,1-2H3. The second-order valence-corrected chi connectivity index (χ2v) is 5.20. The van der Waals surface area contributed by atoms with Crippen LogP contribution in [0.4, 0.5) is 5.69 Å². The van der Waals surface area contributed by atoms with Gasteiger partial charge in [-0.1, -0.05) is 0 Å². The molecule has 1 fully saturated rings. The molecule has 2 rings (SSSR count). The SMILES string of the molecule is COc1cc(C(=O)N(C)C(CN)C2CC2)ccc1[N+](=O)[O-]. The van der Waals surface area contributed by atoms with Gasteiger partial charge in [0.15, 0.2) is 5.75 Å². The third kappa shape index (κ3) is 3.13. The van der Waals surface area contributed by atoms with E-state index in [2.05, 4.69) is 0 Å². The average Bonchev–Trinajstić information content (AvgIpc) is 3.31. The van der Waals surface area contributed by atoms with Crippen molar-refractivity contribution in [3.05, 3.63) is 33.9 Å². The van der Waals surface area contributed by atoms with E-state index in [-0.39, 0.29) is 23.4 Å². The van der Waals surface area contributed by atoms with Crippen LogP contribution < -0.4 is 10.5 Å². The van der Waals surface area contributed by atoms with E-state index in [0.29, 0.717) is 18.0 Å². The van der Waals surface area contributed by atoms with Crippen molar-refractivity contribution in [2.75, 3.05) is 20.7 Å². The molecule has 0 bridgehead atoms. The molecule has 2 N–H and O–H groups in total. The summed E-state index contributed by atoms with van der Waals surface area (Å²) in [6.45, 7) is 0.414. The number of hydrogen-bond acceptors (Lipinski definition) is 5. The molecule has 1 aromatic carbocycles. The number of nitro benzene ring substituents is 1. The number of amides is 1. The first kappa shape index (κ1) is 15.2. The number of ether oxygens (including phenoxy) is 1. The van der Waals surface area contributed by atoms with Gasteiger partial charge < -0.3 is 15.4 Å². The number of nitrogens with zero attached hydrogens (tertiary/aromatic N) is 2. The quantitative estimate of drug-likeness (QED) is 0.631. The number of carbonyl (C=O) groups is 1. The lowest BCUT2D eigenvalue weighted by molar-refractivity contribution is -0.385. The predicted octanol–water partition coefficient (Wildman–Crippen LogP) is 1.41.